The van der Waals surface area contributed by atoms with E-state index in [-0.39, 0.29) is 19.8 Å². The van der Waals surface area contributed by atoms with Crippen molar-refractivity contribution in [2.75, 3.05) is 39.5 Å². The summed E-state index contributed by atoms with van der Waals surface area (Å²) >= 11 is 5.76. The van der Waals surface area contributed by atoms with Gasteiger partial charge in [0.2, 0.25) is 0 Å². The molecular formula is C13H21ClNO4+. The van der Waals surface area contributed by atoms with Gasteiger partial charge in [-0.2, -0.15) is 0 Å². The number of nitrogens with one attached hydrogen (secondary N) is 1. The van der Waals surface area contributed by atoms with Crippen LogP contribution in [-0.2, 0) is 0 Å². The summed E-state index contributed by atoms with van der Waals surface area (Å²) in [6, 6.07) is 6.92. The van der Waals surface area contributed by atoms with Crippen LogP contribution in [0.4, 0.5) is 0 Å². The van der Waals surface area contributed by atoms with Gasteiger partial charge in [-0.25, -0.2) is 0 Å². The molecular weight excluding hydrogens is 270 g/mol. The Bertz CT molecular complexity index is 341. The van der Waals surface area contributed by atoms with E-state index in [0.29, 0.717) is 30.4 Å². The van der Waals surface area contributed by atoms with Crippen LogP contribution in [0.15, 0.2) is 24.3 Å². The van der Waals surface area contributed by atoms with Crippen LogP contribution in [0.1, 0.15) is 0 Å². The van der Waals surface area contributed by atoms with Crippen LogP contribution in [0.2, 0.25) is 5.02 Å². The van der Waals surface area contributed by atoms with E-state index in [1.165, 1.54) is 0 Å². The molecule has 1 aromatic carbocycles. The van der Waals surface area contributed by atoms with Gasteiger partial charge in [-0.05, 0) is 24.3 Å². The van der Waals surface area contributed by atoms with Crippen LogP contribution < -0.4 is 9.64 Å². The Morgan fingerprint density at radius 1 is 1.11 bits per heavy atom. The molecule has 0 saturated heterocycles. The van der Waals surface area contributed by atoms with Crippen LogP contribution >= 0.6 is 11.6 Å². The highest BCUT2D eigenvalue weighted by molar-refractivity contribution is 6.30. The molecule has 0 unspecified atom stereocenters. The second-order valence-corrected chi connectivity index (χ2v) is 4.76. The second kappa shape index (κ2) is 9.12. The van der Waals surface area contributed by atoms with Gasteiger partial charge in [-0.1, -0.05) is 11.6 Å². The van der Waals surface area contributed by atoms with Crippen molar-refractivity contribution in [2.24, 2.45) is 0 Å². The summed E-state index contributed by atoms with van der Waals surface area (Å²) in [5, 5.41) is 28.3. The minimum atomic E-state index is -0.649. The lowest BCUT2D eigenvalue weighted by atomic mass is 10.3. The summed E-state index contributed by atoms with van der Waals surface area (Å²) in [4.78, 5) is 0.942. The van der Waals surface area contributed by atoms with Gasteiger partial charge in [0.05, 0.1) is 13.2 Å². The molecule has 1 aromatic rings. The minimum absolute atomic E-state index is 0.0279. The number of benzene rings is 1. The average molecular weight is 291 g/mol. The zero-order chi connectivity index (χ0) is 14.1. The predicted octanol–water partition coefficient (Wildman–Crippen LogP) is -1.05. The Labute approximate surface area is 118 Å². The summed E-state index contributed by atoms with van der Waals surface area (Å²) < 4.78 is 5.43. The highest BCUT2D eigenvalue weighted by Gasteiger charge is 2.14. The van der Waals surface area contributed by atoms with E-state index >= 15 is 0 Å². The first kappa shape index (κ1) is 16.2. The molecule has 5 nitrogen and oxygen atoms in total. The van der Waals surface area contributed by atoms with Crippen molar-refractivity contribution in [3.8, 4) is 5.75 Å². The van der Waals surface area contributed by atoms with Crippen molar-refractivity contribution < 1.29 is 25.0 Å². The highest BCUT2D eigenvalue weighted by atomic mass is 35.5. The largest absolute Gasteiger partial charge is 0.491 e. The standard InChI is InChI=1S/C13H20ClNO4/c14-11-1-3-13(4-2-11)19-10-12(18)9-15(5-7-16)6-8-17/h1-4,12,16-18H,5-10H2/p+1/t12-/m0/s1. The topological polar surface area (TPSA) is 74.4 Å². The third kappa shape index (κ3) is 6.75. The Kier molecular flexibility index (Phi) is 7.78. The molecule has 4 N–H and O–H groups in total. The molecule has 0 aliphatic rings. The van der Waals surface area contributed by atoms with Gasteiger partial charge >= 0.3 is 0 Å². The fraction of sp³-hybridized carbons (Fsp3) is 0.538. The van der Waals surface area contributed by atoms with E-state index < -0.39 is 6.10 Å². The molecule has 0 heterocycles. The maximum absolute atomic E-state index is 9.85. The molecule has 108 valence electrons. The quantitative estimate of drug-likeness (QED) is 0.468. The van der Waals surface area contributed by atoms with Crippen molar-refractivity contribution in [3.05, 3.63) is 29.3 Å². The number of ether oxygens (including phenoxy) is 1. The fourth-order valence-corrected chi connectivity index (χ4v) is 1.89. The van der Waals surface area contributed by atoms with Crippen LogP contribution in [0.25, 0.3) is 0 Å². The first-order valence-corrected chi connectivity index (χ1v) is 6.65. The molecule has 6 heteroatoms. The lowest BCUT2D eigenvalue weighted by molar-refractivity contribution is -0.903. The third-order valence-electron chi connectivity index (χ3n) is 2.71. The Morgan fingerprint density at radius 2 is 1.68 bits per heavy atom. The number of hydrogen-bond acceptors (Lipinski definition) is 4. The van der Waals surface area contributed by atoms with Gasteiger partial charge < -0.3 is 25.0 Å². The number of halogens is 1. The SMILES string of the molecule is OCC[NH+](CCO)C[C@H](O)COc1ccc(Cl)cc1. The van der Waals surface area contributed by atoms with Gasteiger partial charge in [0.1, 0.15) is 38.1 Å². The molecule has 0 saturated carbocycles. The molecule has 0 aliphatic carbocycles. The van der Waals surface area contributed by atoms with Gasteiger partial charge in [0.25, 0.3) is 0 Å². The van der Waals surface area contributed by atoms with E-state index in [2.05, 4.69) is 0 Å². The minimum Gasteiger partial charge on any atom is -0.491 e. The molecule has 1 rings (SSSR count). The van der Waals surface area contributed by atoms with Crippen LogP contribution in [0, 0.1) is 0 Å². The normalized spacial score (nSPS) is 12.7. The van der Waals surface area contributed by atoms with Crippen LogP contribution in [0.5, 0.6) is 5.75 Å². The number of aliphatic hydroxyl groups is 3. The summed E-state index contributed by atoms with van der Waals surface area (Å²) in [7, 11) is 0. The Morgan fingerprint density at radius 3 is 2.21 bits per heavy atom. The van der Waals surface area contributed by atoms with Crippen molar-refractivity contribution in [2.45, 2.75) is 6.10 Å². The van der Waals surface area contributed by atoms with Crippen molar-refractivity contribution in [1.82, 2.24) is 0 Å². The molecule has 0 amide bonds. The third-order valence-corrected chi connectivity index (χ3v) is 2.96. The molecule has 0 fully saturated rings. The predicted molar refractivity (Wildman–Crippen MR) is 72.7 cm³/mol. The molecule has 19 heavy (non-hydrogen) atoms. The zero-order valence-electron chi connectivity index (χ0n) is 10.8. The summed E-state index contributed by atoms with van der Waals surface area (Å²) in [5.41, 5.74) is 0. The molecule has 0 aromatic heterocycles. The van der Waals surface area contributed by atoms with Gasteiger partial charge in [-0.3, -0.25) is 0 Å². The van der Waals surface area contributed by atoms with Gasteiger partial charge in [0, 0.05) is 5.02 Å². The number of hydrogen-bond donors (Lipinski definition) is 4. The van der Waals surface area contributed by atoms with E-state index in [1.807, 2.05) is 0 Å². The van der Waals surface area contributed by atoms with E-state index in [4.69, 9.17) is 26.6 Å². The summed E-state index contributed by atoms with van der Waals surface area (Å²) in [5.74, 6) is 0.648. The average Bonchev–Trinajstić information content (AvgIpc) is 2.39. The Balaban J connectivity index is 2.33. The zero-order valence-corrected chi connectivity index (χ0v) is 11.5. The maximum atomic E-state index is 9.85. The van der Waals surface area contributed by atoms with Crippen molar-refractivity contribution in [3.63, 3.8) is 0 Å². The van der Waals surface area contributed by atoms with E-state index in [1.54, 1.807) is 24.3 Å². The lowest BCUT2D eigenvalue weighted by Gasteiger charge is -2.20. The first-order chi connectivity index (χ1) is 9.15. The Hall–Kier alpha value is -0.850. The van der Waals surface area contributed by atoms with Gasteiger partial charge in [0.15, 0.2) is 0 Å². The molecule has 0 bridgehead atoms. The molecule has 0 spiro atoms. The van der Waals surface area contributed by atoms with E-state index in [0.717, 1.165) is 4.90 Å². The maximum Gasteiger partial charge on any atom is 0.137 e. The number of quaternary nitrogens is 1. The molecule has 0 radical (unpaired) electrons. The summed E-state index contributed by atoms with van der Waals surface area (Å²) in [6.45, 7) is 1.65. The fourth-order valence-electron chi connectivity index (χ4n) is 1.76. The van der Waals surface area contributed by atoms with Gasteiger partial charge in [-0.15, -0.1) is 0 Å². The van der Waals surface area contributed by atoms with Crippen molar-refractivity contribution in [1.29, 1.82) is 0 Å². The van der Waals surface area contributed by atoms with Crippen molar-refractivity contribution >= 4 is 11.6 Å². The smallest absolute Gasteiger partial charge is 0.137 e. The van der Waals surface area contributed by atoms with Crippen LogP contribution in [0.3, 0.4) is 0 Å². The van der Waals surface area contributed by atoms with Crippen LogP contribution in [-0.4, -0.2) is 60.9 Å². The number of aliphatic hydroxyl groups excluding tert-OH is 3. The second-order valence-electron chi connectivity index (χ2n) is 4.32. The molecule has 1 atom stereocenters. The lowest BCUT2D eigenvalue weighted by Crippen LogP contribution is -3.14. The highest BCUT2D eigenvalue weighted by Crippen LogP contribution is 2.15. The summed E-state index contributed by atoms with van der Waals surface area (Å²) in [6.07, 6.45) is -0.649. The monoisotopic (exact) mass is 290 g/mol. The first-order valence-electron chi connectivity index (χ1n) is 6.27. The number of rotatable bonds is 9. The molecule has 0 aliphatic heterocycles. The van der Waals surface area contributed by atoms with E-state index in [9.17, 15) is 5.11 Å².